The van der Waals surface area contributed by atoms with Gasteiger partial charge in [0.15, 0.2) is 5.15 Å². The van der Waals surface area contributed by atoms with Gasteiger partial charge in [-0.3, -0.25) is 4.68 Å². The molecule has 18 heavy (non-hydrogen) atoms. The normalized spacial score (nSPS) is 19.3. The van der Waals surface area contributed by atoms with Crippen molar-refractivity contribution >= 4 is 11.6 Å². The summed E-state index contributed by atoms with van der Waals surface area (Å²) >= 11 is 5.69. The lowest BCUT2D eigenvalue weighted by atomic mass is 10.2. The summed E-state index contributed by atoms with van der Waals surface area (Å²) in [6, 6.07) is 3.51. The van der Waals surface area contributed by atoms with E-state index in [1.807, 2.05) is 16.9 Å². The van der Waals surface area contributed by atoms with Crippen LogP contribution in [0.15, 0.2) is 24.5 Å². The zero-order valence-corrected chi connectivity index (χ0v) is 10.2. The van der Waals surface area contributed by atoms with E-state index in [9.17, 15) is 0 Å². The third kappa shape index (κ3) is 2.50. The molecule has 6 nitrogen and oxygen atoms in total. The molecule has 0 aliphatic carbocycles. The molecule has 1 saturated heterocycles. The van der Waals surface area contributed by atoms with Crippen molar-refractivity contribution in [2.45, 2.75) is 12.6 Å². The molecule has 0 amide bonds. The van der Waals surface area contributed by atoms with Crippen molar-refractivity contribution in [1.29, 1.82) is 0 Å². The number of hydrogen-bond donors (Lipinski definition) is 0. The van der Waals surface area contributed by atoms with Crippen LogP contribution in [0.3, 0.4) is 0 Å². The van der Waals surface area contributed by atoms with E-state index in [2.05, 4.69) is 15.3 Å². The summed E-state index contributed by atoms with van der Waals surface area (Å²) in [4.78, 5) is 0. The Labute approximate surface area is 108 Å². The van der Waals surface area contributed by atoms with Crippen molar-refractivity contribution in [2.24, 2.45) is 0 Å². The number of nitrogens with zero attached hydrogens (tertiary/aromatic N) is 4. The van der Waals surface area contributed by atoms with Gasteiger partial charge in [0, 0.05) is 11.8 Å². The van der Waals surface area contributed by atoms with E-state index in [0.29, 0.717) is 25.1 Å². The van der Waals surface area contributed by atoms with Crippen LogP contribution in [0.2, 0.25) is 5.15 Å². The fourth-order valence-electron chi connectivity index (χ4n) is 1.75. The van der Waals surface area contributed by atoms with Crippen LogP contribution in [0, 0.1) is 0 Å². The molecular weight excluding hydrogens is 256 g/mol. The molecule has 2 aromatic heterocycles. The zero-order valence-electron chi connectivity index (χ0n) is 9.49. The first-order valence-electron chi connectivity index (χ1n) is 5.53. The van der Waals surface area contributed by atoms with E-state index in [0.717, 1.165) is 11.3 Å². The second-order valence-corrected chi connectivity index (χ2v) is 4.36. The van der Waals surface area contributed by atoms with Crippen molar-refractivity contribution in [2.75, 3.05) is 13.4 Å². The number of aromatic nitrogens is 4. The fraction of sp³-hybridized carbons (Fsp3) is 0.364. The van der Waals surface area contributed by atoms with Crippen molar-refractivity contribution in [1.82, 2.24) is 20.0 Å². The number of hydrogen-bond acceptors (Lipinski definition) is 5. The molecule has 0 spiro atoms. The smallest absolute Gasteiger partial charge is 0.151 e. The second-order valence-electron chi connectivity index (χ2n) is 3.97. The van der Waals surface area contributed by atoms with Gasteiger partial charge in [-0.15, -0.1) is 10.2 Å². The average molecular weight is 267 g/mol. The van der Waals surface area contributed by atoms with Crippen LogP contribution in [-0.2, 0) is 16.0 Å². The van der Waals surface area contributed by atoms with Crippen LogP contribution in [0.4, 0.5) is 0 Å². The predicted octanol–water partition coefficient (Wildman–Crippen LogP) is 1.37. The van der Waals surface area contributed by atoms with E-state index in [4.69, 9.17) is 21.1 Å². The van der Waals surface area contributed by atoms with Gasteiger partial charge in [-0.1, -0.05) is 11.6 Å². The fourth-order valence-corrected chi connectivity index (χ4v) is 1.85. The Bertz CT molecular complexity index is 522. The molecule has 0 aromatic carbocycles. The number of halogens is 1. The summed E-state index contributed by atoms with van der Waals surface area (Å²) in [6.07, 6.45) is 3.71. The van der Waals surface area contributed by atoms with Gasteiger partial charge in [-0.25, -0.2) is 0 Å². The van der Waals surface area contributed by atoms with Gasteiger partial charge in [-0.2, -0.15) is 5.10 Å². The summed E-state index contributed by atoms with van der Waals surface area (Å²) in [5.74, 6) is 0. The second kappa shape index (κ2) is 5.01. The SMILES string of the molecule is Clc1ccc(-c2cnn(CC3COCO3)c2)nn1. The van der Waals surface area contributed by atoms with Crippen LogP contribution >= 0.6 is 11.6 Å². The molecule has 7 heteroatoms. The Morgan fingerprint density at radius 3 is 3.06 bits per heavy atom. The van der Waals surface area contributed by atoms with Crippen molar-refractivity contribution in [3.8, 4) is 11.3 Å². The molecule has 1 aliphatic rings. The van der Waals surface area contributed by atoms with Gasteiger partial charge < -0.3 is 9.47 Å². The molecule has 0 bridgehead atoms. The molecule has 3 heterocycles. The monoisotopic (exact) mass is 266 g/mol. The van der Waals surface area contributed by atoms with Gasteiger partial charge in [-0.05, 0) is 12.1 Å². The zero-order chi connectivity index (χ0) is 12.4. The summed E-state index contributed by atoms with van der Waals surface area (Å²) in [5.41, 5.74) is 1.65. The minimum atomic E-state index is 0.0639. The lowest BCUT2D eigenvalue weighted by molar-refractivity contribution is 0.0413. The maximum absolute atomic E-state index is 5.69. The summed E-state index contributed by atoms with van der Waals surface area (Å²) in [7, 11) is 0. The van der Waals surface area contributed by atoms with Gasteiger partial charge in [0.25, 0.3) is 0 Å². The molecule has 1 unspecified atom stereocenters. The third-order valence-electron chi connectivity index (χ3n) is 2.64. The van der Waals surface area contributed by atoms with Crippen molar-refractivity contribution in [3.05, 3.63) is 29.7 Å². The van der Waals surface area contributed by atoms with Crippen molar-refractivity contribution in [3.63, 3.8) is 0 Å². The molecule has 1 atom stereocenters. The first-order chi connectivity index (χ1) is 8.81. The van der Waals surface area contributed by atoms with Gasteiger partial charge in [0.2, 0.25) is 0 Å². The first kappa shape index (κ1) is 11.6. The summed E-state index contributed by atoms with van der Waals surface area (Å²) in [5, 5.41) is 12.4. The minimum absolute atomic E-state index is 0.0639. The Hall–Kier alpha value is -1.50. The van der Waals surface area contributed by atoms with E-state index >= 15 is 0 Å². The molecule has 3 rings (SSSR count). The lowest BCUT2D eigenvalue weighted by Gasteiger charge is -2.06. The highest BCUT2D eigenvalue weighted by atomic mass is 35.5. The molecule has 0 N–H and O–H groups in total. The maximum Gasteiger partial charge on any atom is 0.151 e. The van der Waals surface area contributed by atoms with Crippen molar-refractivity contribution < 1.29 is 9.47 Å². The number of ether oxygens (including phenoxy) is 2. The molecule has 0 radical (unpaired) electrons. The van der Waals surface area contributed by atoms with Gasteiger partial charge >= 0.3 is 0 Å². The Balaban J connectivity index is 1.74. The maximum atomic E-state index is 5.69. The minimum Gasteiger partial charge on any atom is -0.353 e. The van der Waals surface area contributed by atoms with Crippen LogP contribution in [0.25, 0.3) is 11.3 Å². The largest absolute Gasteiger partial charge is 0.353 e. The Morgan fingerprint density at radius 2 is 2.33 bits per heavy atom. The highest BCUT2D eigenvalue weighted by molar-refractivity contribution is 6.29. The van der Waals surface area contributed by atoms with E-state index in [1.54, 1.807) is 12.3 Å². The Kier molecular flexibility index (Phi) is 3.22. The van der Waals surface area contributed by atoms with Crippen LogP contribution in [-0.4, -0.2) is 39.5 Å². The quantitative estimate of drug-likeness (QED) is 0.840. The van der Waals surface area contributed by atoms with E-state index in [-0.39, 0.29) is 6.10 Å². The highest BCUT2D eigenvalue weighted by Crippen LogP contribution is 2.17. The molecule has 2 aromatic rings. The molecule has 1 aliphatic heterocycles. The highest BCUT2D eigenvalue weighted by Gasteiger charge is 2.17. The van der Waals surface area contributed by atoms with Gasteiger partial charge in [0.1, 0.15) is 12.9 Å². The van der Waals surface area contributed by atoms with E-state index < -0.39 is 0 Å². The molecule has 94 valence electrons. The summed E-state index contributed by atoms with van der Waals surface area (Å²) < 4.78 is 12.3. The van der Waals surface area contributed by atoms with Crippen LogP contribution in [0.5, 0.6) is 0 Å². The van der Waals surface area contributed by atoms with E-state index in [1.165, 1.54) is 0 Å². The molecular formula is C11H11ClN4O2. The lowest BCUT2D eigenvalue weighted by Crippen LogP contribution is -2.18. The molecule has 1 fully saturated rings. The van der Waals surface area contributed by atoms with Crippen LogP contribution < -0.4 is 0 Å². The third-order valence-corrected chi connectivity index (χ3v) is 2.84. The Morgan fingerprint density at radius 1 is 1.39 bits per heavy atom. The standard InChI is InChI=1S/C11H11ClN4O2/c12-11-2-1-10(14-15-11)8-3-13-16(4-8)5-9-6-17-7-18-9/h1-4,9H,5-7H2. The molecule has 0 saturated carbocycles. The number of rotatable bonds is 3. The van der Waals surface area contributed by atoms with Gasteiger partial charge in [0.05, 0.1) is 25.0 Å². The topological polar surface area (TPSA) is 62.1 Å². The predicted molar refractivity (Wildman–Crippen MR) is 64.0 cm³/mol. The summed E-state index contributed by atoms with van der Waals surface area (Å²) in [6.45, 7) is 1.64. The average Bonchev–Trinajstić information content (AvgIpc) is 3.02. The first-order valence-corrected chi connectivity index (χ1v) is 5.90. The van der Waals surface area contributed by atoms with Crippen LogP contribution in [0.1, 0.15) is 0 Å².